The number of hydrogen-bond acceptors (Lipinski definition) is 7. The van der Waals surface area contributed by atoms with Gasteiger partial charge in [0.25, 0.3) is 0 Å². The van der Waals surface area contributed by atoms with Crippen LogP contribution in [0.2, 0.25) is 0 Å². The van der Waals surface area contributed by atoms with Crippen LogP contribution in [0.25, 0.3) is 0 Å². The number of aliphatic hydroxyl groups is 3. The van der Waals surface area contributed by atoms with Gasteiger partial charge in [0.05, 0.1) is 6.61 Å². The third kappa shape index (κ3) is 11.0. The highest BCUT2D eigenvalue weighted by molar-refractivity contribution is 7.10. The molecule has 5 atom stereocenters. The van der Waals surface area contributed by atoms with Crippen LogP contribution in [-0.4, -0.2) is 59.1 Å². The summed E-state index contributed by atoms with van der Waals surface area (Å²) in [6.07, 6.45) is -2.65. The van der Waals surface area contributed by atoms with Gasteiger partial charge in [-0.25, -0.2) is 4.39 Å². The van der Waals surface area contributed by atoms with Crippen molar-refractivity contribution in [3.63, 3.8) is 0 Å². The largest absolute Gasteiger partial charge is 0.573 e. The van der Waals surface area contributed by atoms with Crippen LogP contribution in [0.4, 0.5) is 17.6 Å². The van der Waals surface area contributed by atoms with E-state index in [0.29, 0.717) is 5.75 Å². The highest BCUT2D eigenvalue weighted by atomic mass is 32.1. The van der Waals surface area contributed by atoms with E-state index in [4.69, 9.17) is 14.6 Å². The summed E-state index contributed by atoms with van der Waals surface area (Å²) in [5.74, 6) is 2.60. The molecule has 0 saturated carbocycles. The molecule has 33 heavy (non-hydrogen) atoms. The Bertz CT molecular complexity index is 770. The van der Waals surface area contributed by atoms with Crippen molar-refractivity contribution in [3.05, 3.63) is 40.3 Å². The molecule has 0 spiro atoms. The van der Waals surface area contributed by atoms with Gasteiger partial charge in [-0.3, -0.25) is 0 Å². The third-order valence-electron chi connectivity index (χ3n) is 3.92. The standard InChI is InChI=1S/C12H17FO5S.C7H9F3O.C3H4/c1-2-8-6(3-4-19-8)17-12-11(16)10(15)9(13)7(5-14)18-12;1-3-5-6(4-2)11-7(8,9)10;1-3-2/h3-4,7,9-12,14-16H,2,5H2,1H3;3-5H,1-2H3;1H,2H3/b;5-3-,6-4+;. The van der Waals surface area contributed by atoms with E-state index in [0.717, 1.165) is 11.3 Å². The Morgan fingerprint density at radius 3 is 2.36 bits per heavy atom. The first-order valence-electron chi connectivity index (χ1n) is 9.91. The van der Waals surface area contributed by atoms with Crippen molar-refractivity contribution < 1.29 is 47.1 Å². The lowest BCUT2D eigenvalue weighted by atomic mass is 10.0. The molecule has 11 heteroatoms. The van der Waals surface area contributed by atoms with Crippen LogP contribution >= 0.6 is 11.3 Å². The summed E-state index contributed by atoms with van der Waals surface area (Å²) in [6, 6.07) is 1.72. The molecule has 2 heterocycles. The number of thiophene rings is 1. The number of rotatable bonds is 6. The predicted molar refractivity (Wildman–Crippen MR) is 117 cm³/mol. The van der Waals surface area contributed by atoms with Crippen molar-refractivity contribution in [3.8, 4) is 18.1 Å². The fourth-order valence-corrected chi connectivity index (χ4v) is 3.20. The lowest BCUT2D eigenvalue weighted by Gasteiger charge is -2.38. The zero-order valence-corrected chi connectivity index (χ0v) is 19.6. The van der Waals surface area contributed by atoms with Gasteiger partial charge >= 0.3 is 6.36 Å². The van der Waals surface area contributed by atoms with Gasteiger partial charge in [0.2, 0.25) is 6.29 Å². The molecule has 1 saturated heterocycles. The van der Waals surface area contributed by atoms with Crippen molar-refractivity contribution in [2.24, 2.45) is 0 Å². The van der Waals surface area contributed by atoms with E-state index in [9.17, 15) is 27.8 Å². The molecule has 0 amide bonds. The Hall–Kier alpha value is -2.10. The Labute approximate surface area is 195 Å². The fraction of sp³-hybridized carbons (Fsp3) is 0.545. The van der Waals surface area contributed by atoms with Crippen molar-refractivity contribution >= 4 is 11.3 Å². The van der Waals surface area contributed by atoms with Crippen LogP contribution in [0.1, 0.15) is 32.6 Å². The molecule has 2 rings (SSSR count). The van der Waals surface area contributed by atoms with E-state index in [-0.39, 0.29) is 5.76 Å². The normalized spacial score (nSPS) is 25.3. The van der Waals surface area contributed by atoms with Gasteiger partial charge in [0.15, 0.2) is 6.17 Å². The topological polar surface area (TPSA) is 88.4 Å². The summed E-state index contributed by atoms with van der Waals surface area (Å²) in [7, 11) is 0. The summed E-state index contributed by atoms with van der Waals surface area (Å²) < 4.78 is 62.3. The molecule has 1 aliphatic heterocycles. The maximum atomic E-state index is 13.5. The van der Waals surface area contributed by atoms with Gasteiger partial charge in [0, 0.05) is 4.88 Å². The molecule has 1 aliphatic rings. The van der Waals surface area contributed by atoms with Crippen LogP contribution in [-0.2, 0) is 15.9 Å². The van der Waals surface area contributed by atoms with Crippen LogP contribution in [0.3, 0.4) is 0 Å². The zero-order valence-electron chi connectivity index (χ0n) is 18.8. The van der Waals surface area contributed by atoms with Crippen molar-refractivity contribution in [2.45, 2.75) is 71.3 Å². The number of terminal acetylenes is 1. The van der Waals surface area contributed by atoms with Crippen molar-refractivity contribution in [2.75, 3.05) is 6.61 Å². The molecule has 5 unspecified atom stereocenters. The van der Waals surface area contributed by atoms with Gasteiger partial charge in [0.1, 0.15) is 29.8 Å². The minimum Gasteiger partial charge on any atom is -0.461 e. The van der Waals surface area contributed by atoms with Crippen molar-refractivity contribution in [1.82, 2.24) is 0 Å². The lowest BCUT2D eigenvalue weighted by molar-refractivity contribution is -0.303. The molecule has 0 radical (unpaired) electrons. The summed E-state index contributed by atoms with van der Waals surface area (Å²) >= 11 is 1.50. The molecule has 0 aliphatic carbocycles. The Morgan fingerprint density at radius 1 is 1.30 bits per heavy atom. The highest BCUT2D eigenvalue weighted by Gasteiger charge is 2.46. The second-order valence-electron chi connectivity index (χ2n) is 6.36. The minimum absolute atomic E-state index is 0.194. The number of aryl methyl sites for hydroxylation is 1. The average molecular weight is 499 g/mol. The number of alkyl halides is 4. The average Bonchev–Trinajstić information content (AvgIpc) is 3.21. The monoisotopic (exact) mass is 498 g/mol. The van der Waals surface area contributed by atoms with Gasteiger partial charge in [-0.1, -0.05) is 13.0 Å². The maximum absolute atomic E-state index is 13.5. The van der Waals surface area contributed by atoms with Crippen LogP contribution in [0, 0.1) is 12.3 Å². The van der Waals surface area contributed by atoms with E-state index in [1.54, 1.807) is 19.9 Å². The van der Waals surface area contributed by atoms with Gasteiger partial charge in [-0.2, -0.15) is 0 Å². The van der Waals surface area contributed by atoms with Crippen LogP contribution < -0.4 is 4.74 Å². The molecule has 1 aromatic rings. The molecule has 1 fully saturated rings. The smallest absolute Gasteiger partial charge is 0.461 e. The van der Waals surface area contributed by atoms with E-state index >= 15 is 0 Å². The summed E-state index contributed by atoms with van der Waals surface area (Å²) in [5.41, 5.74) is 0. The first-order chi connectivity index (χ1) is 15.5. The number of allylic oxidation sites excluding steroid dienone is 3. The number of aliphatic hydroxyl groups excluding tert-OH is 3. The quantitative estimate of drug-likeness (QED) is 0.237. The molecule has 3 N–H and O–H groups in total. The van der Waals surface area contributed by atoms with Crippen LogP contribution in [0.15, 0.2) is 35.4 Å². The minimum atomic E-state index is -4.60. The van der Waals surface area contributed by atoms with Gasteiger partial charge < -0.3 is 29.5 Å². The fourth-order valence-electron chi connectivity index (χ4n) is 2.44. The summed E-state index contributed by atoms with van der Waals surface area (Å²) in [6.45, 7) is 6.11. The van der Waals surface area contributed by atoms with E-state index in [1.165, 1.54) is 36.5 Å². The first kappa shape index (κ1) is 30.9. The molecule has 0 bridgehead atoms. The van der Waals surface area contributed by atoms with E-state index < -0.39 is 43.7 Å². The first-order valence-corrected chi connectivity index (χ1v) is 10.8. The molecular weight excluding hydrogens is 468 g/mol. The predicted octanol–water partition coefficient (Wildman–Crippen LogP) is 4.11. The SMILES string of the molecule is C#CC.C/C=C\C(=C/C)OC(F)(F)F.CCc1sccc1OC1OC(CO)C(F)C(O)C1O. The number of ether oxygens (including phenoxy) is 3. The molecular formula is C22H30F4O6S. The third-order valence-corrected chi connectivity index (χ3v) is 4.96. The number of hydrogen-bond donors (Lipinski definition) is 3. The molecule has 6 nitrogen and oxygen atoms in total. The van der Waals surface area contributed by atoms with E-state index in [2.05, 4.69) is 17.1 Å². The zero-order chi connectivity index (χ0) is 25.6. The van der Waals surface area contributed by atoms with Crippen LogP contribution in [0.5, 0.6) is 5.75 Å². The van der Waals surface area contributed by atoms with Crippen molar-refractivity contribution in [1.29, 1.82) is 0 Å². The Kier molecular flexibility index (Phi) is 14.7. The van der Waals surface area contributed by atoms with E-state index in [1.807, 2.05) is 12.3 Å². The Balaban J connectivity index is 0.000000624. The second-order valence-corrected chi connectivity index (χ2v) is 7.36. The lowest BCUT2D eigenvalue weighted by Crippen LogP contribution is -2.58. The second kappa shape index (κ2) is 15.7. The van der Waals surface area contributed by atoms with Gasteiger partial charge in [-0.15, -0.1) is 36.9 Å². The number of halogens is 4. The summed E-state index contributed by atoms with van der Waals surface area (Å²) in [5, 5.41) is 30.2. The molecule has 1 aromatic heterocycles. The Morgan fingerprint density at radius 2 is 1.91 bits per heavy atom. The molecule has 0 aromatic carbocycles. The maximum Gasteiger partial charge on any atom is 0.573 e. The molecule has 188 valence electrons. The van der Waals surface area contributed by atoms with Gasteiger partial charge in [-0.05, 0) is 50.8 Å². The highest BCUT2D eigenvalue weighted by Crippen LogP contribution is 2.30. The summed E-state index contributed by atoms with van der Waals surface area (Å²) in [4.78, 5) is 0.966.